The number of aliphatic hydroxyl groups excluding tert-OH is 1. The zero-order valence-electron chi connectivity index (χ0n) is 8.48. The zero-order chi connectivity index (χ0) is 10.2. The van der Waals surface area contributed by atoms with Crippen LogP contribution in [0.25, 0.3) is 0 Å². The molecule has 2 unspecified atom stereocenters. The second-order valence-electron chi connectivity index (χ2n) is 4.35. The predicted molar refractivity (Wildman–Crippen MR) is 53.9 cm³/mol. The smallest absolute Gasteiger partial charge is 0.0612 e. The van der Waals surface area contributed by atoms with Gasteiger partial charge in [0.25, 0.3) is 0 Å². The SMILES string of the molecule is Cc1ccn(C2CCC(N)(CO)C2)n1. The first-order chi connectivity index (χ1) is 6.63. The Morgan fingerprint density at radius 3 is 3.07 bits per heavy atom. The first-order valence-electron chi connectivity index (χ1n) is 5.04. The van der Waals surface area contributed by atoms with Gasteiger partial charge in [-0.05, 0) is 32.3 Å². The Balaban J connectivity index is 2.09. The molecule has 0 spiro atoms. The zero-order valence-corrected chi connectivity index (χ0v) is 8.48. The maximum atomic E-state index is 9.14. The van der Waals surface area contributed by atoms with Crippen molar-refractivity contribution in [1.29, 1.82) is 0 Å². The van der Waals surface area contributed by atoms with Crippen LogP contribution in [0.5, 0.6) is 0 Å². The van der Waals surface area contributed by atoms with Crippen LogP contribution in [0.3, 0.4) is 0 Å². The number of nitrogens with zero attached hydrogens (tertiary/aromatic N) is 2. The summed E-state index contributed by atoms with van der Waals surface area (Å²) in [6.45, 7) is 2.05. The number of aryl methyl sites for hydroxylation is 1. The van der Waals surface area contributed by atoms with Crippen LogP contribution in [-0.2, 0) is 0 Å². The standard InChI is InChI=1S/C10H17N3O/c1-8-3-5-13(12-8)9-2-4-10(11,6-9)7-14/h3,5,9,14H,2,4,6-7,11H2,1H3. The molecule has 0 radical (unpaired) electrons. The van der Waals surface area contributed by atoms with Gasteiger partial charge in [-0.2, -0.15) is 5.10 Å². The summed E-state index contributed by atoms with van der Waals surface area (Å²) in [5, 5.41) is 13.5. The summed E-state index contributed by atoms with van der Waals surface area (Å²) >= 11 is 0. The van der Waals surface area contributed by atoms with Crippen molar-refractivity contribution in [3.8, 4) is 0 Å². The van der Waals surface area contributed by atoms with Gasteiger partial charge in [-0.15, -0.1) is 0 Å². The van der Waals surface area contributed by atoms with Crippen molar-refractivity contribution in [1.82, 2.24) is 9.78 Å². The lowest BCUT2D eigenvalue weighted by Crippen LogP contribution is -2.40. The molecule has 2 atom stereocenters. The summed E-state index contributed by atoms with van der Waals surface area (Å²) in [6.07, 6.45) is 4.71. The van der Waals surface area contributed by atoms with E-state index in [9.17, 15) is 0 Å². The number of rotatable bonds is 2. The van der Waals surface area contributed by atoms with Crippen molar-refractivity contribution in [2.75, 3.05) is 6.61 Å². The van der Waals surface area contributed by atoms with E-state index in [-0.39, 0.29) is 12.1 Å². The summed E-state index contributed by atoms with van der Waals surface area (Å²) in [5.41, 5.74) is 6.65. The van der Waals surface area contributed by atoms with Crippen LogP contribution in [0.2, 0.25) is 0 Å². The third-order valence-corrected chi connectivity index (χ3v) is 3.05. The van der Waals surface area contributed by atoms with Crippen LogP contribution in [0.15, 0.2) is 12.3 Å². The third-order valence-electron chi connectivity index (χ3n) is 3.05. The Hall–Kier alpha value is -0.870. The molecule has 4 nitrogen and oxygen atoms in total. The van der Waals surface area contributed by atoms with Crippen molar-refractivity contribution < 1.29 is 5.11 Å². The molecule has 0 aliphatic heterocycles. The highest BCUT2D eigenvalue weighted by molar-refractivity contribution is 5.00. The van der Waals surface area contributed by atoms with Crippen molar-refractivity contribution in [2.24, 2.45) is 5.73 Å². The average molecular weight is 195 g/mol. The minimum Gasteiger partial charge on any atom is -0.394 e. The Bertz CT molecular complexity index is 323. The lowest BCUT2D eigenvalue weighted by atomic mass is 10.0. The molecule has 1 fully saturated rings. The number of nitrogens with two attached hydrogens (primary N) is 1. The number of aromatic nitrogens is 2. The minimum atomic E-state index is -0.384. The van der Waals surface area contributed by atoms with E-state index < -0.39 is 0 Å². The van der Waals surface area contributed by atoms with Crippen LogP contribution in [0, 0.1) is 6.92 Å². The van der Waals surface area contributed by atoms with Gasteiger partial charge in [-0.1, -0.05) is 0 Å². The van der Waals surface area contributed by atoms with Gasteiger partial charge in [-0.3, -0.25) is 4.68 Å². The van der Waals surface area contributed by atoms with Crippen LogP contribution in [0.4, 0.5) is 0 Å². The molecule has 4 heteroatoms. The quantitative estimate of drug-likeness (QED) is 0.726. The van der Waals surface area contributed by atoms with E-state index >= 15 is 0 Å². The molecule has 1 aliphatic carbocycles. The van der Waals surface area contributed by atoms with Crippen LogP contribution in [0.1, 0.15) is 31.0 Å². The molecule has 0 amide bonds. The highest BCUT2D eigenvalue weighted by Crippen LogP contribution is 2.35. The monoisotopic (exact) mass is 195 g/mol. The number of aliphatic hydroxyl groups is 1. The van der Waals surface area contributed by atoms with E-state index in [4.69, 9.17) is 10.8 Å². The van der Waals surface area contributed by atoms with E-state index in [1.165, 1.54) is 0 Å². The molecule has 0 saturated heterocycles. The average Bonchev–Trinajstić information content (AvgIpc) is 2.73. The summed E-state index contributed by atoms with van der Waals surface area (Å²) in [6, 6.07) is 2.36. The van der Waals surface area contributed by atoms with Crippen molar-refractivity contribution in [3.63, 3.8) is 0 Å². The molecule has 3 N–H and O–H groups in total. The lowest BCUT2D eigenvalue weighted by Gasteiger charge is -2.20. The molecule has 1 heterocycles. The third kappa shape index (κ3) is 1.67. The largest absolute Gasteiger partial charge is 0.394 e. The van der Waals surface area contributed by atoms with E-state index in [1.807, 2.05) is 23.9 Å². The van der Waals surface area contributed by atoms with Crippen LogP contribution >= 0.6 is 0 Å². The van der Waals surface area contributed by atoms with E-state index in [0.717, 1.165) is 25.0 Å². The molecule has 14 heavy (non-hydrogen) atoms. The lowest BCUT2D eigenvalue weighted by molar-refractivity contribution is 0.195. The normalized spacial score (nSPS) is 32.4. The molecule has 0 bridgehead atoms. The maximum Gasteiger partial charge on any atom is 0.0612 e. The molecule has 1 aliphatic rings. The molecule has 2 rings (SSSR count). The van der Waals surface area contributed by atoms with Crippen molar-refractivity contribution in [3.05, 3.63) is 18.0 Å². The van der Waals surface area contributed by atoms with Crippen LogP contribution in [-0.4, -0.2) is 27.0 Å². The van der Waals surface area contributed by atoms with Gasteiger partial charge in [0.15, 0.2) is 0 Å². The van der Waals surface area contributed by atoms with Gasteiger partial charge >= 0.3 is 0 Å². The first kappa shape index (κ1) is 9.68. The van der Waals surface area contributed by atoms with Gasteiger partial charge < -0.3 is 10.8 Å². The fourth-order valence-electron chi connectivity index (χ4n) is 2.13. The van der Waals surface area contributed by atoms with Gasteiger partial charge in [0.1, 0.15) is 0 Å². The van der Waals surface area contributed by atoms with Crippen LogP contribution < -0.4 is 5.73 Å². The maximum absolute atomic E-state index is 9.14. The molecule has 1 aromatic heterocycles. The molecule has 0 aromatic carbocycles. The highest BCUT2D eigenvalue weighted by Gasteiger charge is 2.36. The summed E-state index contributed by atoms with van der Waals surface area (Å²) in [5.74, 6) is 0. The summed E-state index contributed by atoms with van der Waals surface area (Å²) < 4.78 is 1.97. The fraction of sp³-hybridized carbons (Fsp3) is 0.700. The van der Waals surface area contributed by atoms with E-state index in [1.54, 1.807) is 0 Å². The summed E-state index contributed by atoms with van der Waals surface area (Å²) in [7, 11) is 0. The first-order valence-corrected chi connectivity index (χ1v) is 5.04. The topological polar surface area (TPSA) is 64.1 Å². The molecular formula is C10H17N3O. The molecule has 1 aromatic rings. The second-order valence-corrected chi connectivity index (χ2v) is 4.35. The number of hydrogen-bond donors (Lipinski definition) is 2. The van der Waals surface area contributed by atoms with Gasteiger partial charge in [0, 0.05) is 11.7 Å². The van der Waals surface area contributed by atoms with Crippen molar-refractivity contribution >= 4 is 0 Å². The molecule has 1 saturated carbocycles. The fourth-order valence-corrected chi connectivity index (χ4v) is 2.13. The van der Waals surface area contributed by atoms with Gasteiger partial charge in [-0.25, -0.2) is 0 Å². The second kappa shape index (κ2) is 3.37. The Morgan fingerprint density at radius 1 is 1.79 bits per heavy atom. The molecule has 78 valence electrons. The Morgan fingerprint density at radius 2 is 2.57 bits per heavy atom. The predicted octanol–water partition coefficient (Wildman–Crippen LogP) is 0.606. The van der Waals surface area contributed by atoms with Gasteiger partial charge in [0.2, 0.25) is 0 Å². The van der Waals surface area contributed by atoms with E-state index in [0.29, 0.717) is 6.04 Å². The Labute approximate surface area is 83.7 Å². The Kier molecular flexibility index (Phi) is 2.33. The minimum absolute atomic E-state index is 0.0732. The number of hydrogen-bond acceptors (Lipinski definition) is 3. The van der Waals surface area contributed by atoms with Gasteiger partial charge in [0.05, 0.1) is 18.3 Å². The van der Waals surface area contributed by atoms with E-state index in [2.05, 4.69) is 5.10 Å². The summed E-state index contributed by atoms with van der Waals surface area (Å²) in [4.78, 5) is 0. The molecular weight excluding hydrogens is 178 g/mol. The van der Waals surface area contributed by atoms with Crippen molar-refractivity contribution in [2.45, 2.75) is 37.8 Å². The highest BCUT2D eigenvalue weighted by atomic mass is 16.3.